The van der Waals surface area contributed by atoms with Crippen molar-refractivity contribution in [2.75, 3.05) is 17.4 Å². The summed E-state index contributed by atoms with van der Waals surface area (Å²) < 4.78 is 29.8. The van der Waals surface area contributed by atoms with Gasteiger partial charge in [0, 0.05) is 24.5 Å². The number of amides is 2. The standard InChI is InChI=1S/C37H42ClN3O4S/c1-5-30-15-10-12-18-34(30)41(46(44,45)32-21-19-28(4)20-22-32)26-36(42)40(25-31-16-9-11-17-33(31)38)35(37(43)39-24-27(2)3)23-29-13-7-6-8-14-29/h6-22,27,35H,5,23-26H2,1-4H3,(H,39,43). The Bertz CT molecular complexity index is 1730. The zero-order valence-electron chi connectivity index (χ0n) is 26.8. The second-order valence-electron chi connectivity index (χ2n) is 11.8. The second-order valence-corrected chi connectivity index (χ2v) is 14.0. The van der Waals surface area contributed by atoms with Gasteiger partial charge < -0.3 is 10.2 Å². The number of anilines is 1. The molecule has 0 saturated carbocycles. The number of carbonyl (C=O) groups is 2. The third-order valence-corrected chi connectivity index (χ3v) is 9.93. The van der Waals surface area contributed by atoms with Crippen molar-refractivity contribution in [2.45, 2.75) is 58.0 Å². The minimum Gasteiger partial charge on any atom is -0.354 e. The van der Waals surface area contributed by atoms with Gasteiger partial charge in [-0.3, -0.25) is 13.9 Å². The summed E-state index contributed by atoms with van der Waals surface area (Å²) in [5.74, 6) is -0.656. The molecule has 0 aliphatic heterocycles. The van der Waals surface area contributed by atoms with Crippen LogP contribution in [0.1, 0.15) is 43.0 Å². The van der Waals surface area contributed by atoms with E-state index in [-0.39, 0.29) is 29.7 Å². The molecule has 0 bridgehead atoms. The molecule has 0 aliphatic carbocycles. The molecule has 0 radical (unpaired) electrons. The highest BCUT2D eigenvalue weighted by molar-refractivity contribution is 7.92. The molecule has 0 aromatic heterocycles. The van der Waals surface area contributed by atoms with E-state index in [0.29, 0.717) is 29.2 Å². The molecule has 7 nitrogen and oxygen atoms in total. The first-order valence-corrected chi connectivity index (χ1v) is 17.3. The van der Waals surface area contributed by atoms with E-state index in [4.69, 9.17) is 11.6 Å². The number of hydrogen-bond donors (Lipinski definition) is 1. The molecule has 0 aliphatic rings. The van der Waals surface area contributed by atoms with Crippen LogP contribution in [0.5, 0.6) is 0 Å². The predicted octanol–water partition coefficient (Wildman–Crippen LogP) is 6.82. The number of hydrogen-bond acceptors (Lipinski definition) is 4. The zero-order chi connectivity index (χ0) is 33.3. The first-order chi connectivity index (χ1) is 22.0. The highest BCUT2D eigenvalue weighted by Crippen LogP contribution is 2.29. The van der Waals surface area contributed by atoms with Crippen LogP contribution in [0.3, 0.4) is 0 Å². The molecule has 242 valence electrons. The maximum Gasteiger partial charge on any atom is 0.264 e. The van der Waals surface area contributed by atoms with Gasteiger partial charge in [0.25, 0.3) is 10.0 Å². The highest BCUT2D eigenvalue weighted by atomic mass is 35.5. The first-order valence-electron chi connectivity index (χ1n) is 15.5. The van der Waals surface area contributed by atoms with Crippen LogP contribution in [0.2, 0.25) is 5.02 Å². The summed E-state index contributed by atoms with van der Waals surface area (Å²) in [7, 11) is -4.18. The largest absolute Gasteiger partial charge is 0.354 e. The molecular formula is C37H42ClN3O4S. The van der Waals surface area contributed by atoms with Gasteiger partial charge in [-0.05, 0) is 60.2 Å². The van der Waals surface area contributed by atoms with Crippen molar-refractivity contribution in [1.29, 1.82) is 0 Å². The normalized spacial score (nSPS) is 12.0. The first kappa shape index (κ1) is 34.7. The lowest BCUT2D eigenvalue weighted by molar-refractivity contribution is -0.140. The summed E-state index contributed by atoms with van der Waals surface area (Å²) >= 11 is 6.58. The maximum absolute atomic E-state index is 14.6. The lowest BCUT2D eigenvalue weighted by Crippen LogP contribution is -2.53. The van der Waals surface area contributed by atoms with Crippen LogP contribution in [0.15, 0.2) is 108 Å². The monoisotopic (exact) mass is 659 g/mol. The number of benzene rings is 4. The average Bonchev–Trinajstić information content (AvgIpc) is 3.05. The molecule has 0 heterocycles. The number of aryl methyl sites for hydroxylation is 2. The Morgan fingerprint density at radius 2 is 1.43 bits per heavy atom. The Labute approximate surface area is 278 Å². The Kier molecular flexibility index (Phi) is 12.0. The van der Waals surface area contributed by atoms with Crippen molar-refractivity contribution < 1.29 is 18.0 Å². The van der Waals surface area contributed by atoms with Crippen LogP contribution < -0.4 is 9.62 Å². The molecule has 0 spiro atoms. The van der Waals surface area contributed by atoms with Gasteiger partial charge in [0.2, 0.25) is 11.8 Å². The SMILES string of the molecule is CCc1ccccc1N(CC(=O)N(Cc1ccccc1Cl)C(Cc1ccccc1)C(=O)NCC(C)C)S(=O)(=O)c1ccc(C)cc1. The van der Waals surface area contributed by atoms with Crippen molar-refractivity contribution in [3.05, 3.63) is 130 Å². The number of halogens is 1. The second kappa shape index (κ2) is 15.9. The van der Waals surface area contributed by atoms with E-state index >= 15 is 0 Å². The molecule has 9 heteroatoms. The zero-order valence-corrected chi connectivity index (χ0v) is 28.4. The minimum atomic E-state index is -4.18. The number of carbonyl (C=O) groups excluding carboxylic acids is 2. The Hall–Kier alpha value is -4.14. The molecule has 4 aromatic carbocycles. The van der Waals surface area contributed by atoms with Gasteiger partial charge in [0.05, 0.1) is 10.6 Å². The summed E-state index contributed by atoms with van der Waals surface area (Å²) in [4.78, 5) is 30.1. The summed E-state index contributed by atoms with van der Waals surface area (Å²) in [5, 5.41) is 3.45. The van der Waals surface area contributed by atoms with Crippen LogP contribution in [0.25, 0.3) is 0 Å². The Morgan fingerprint density at radius 1 is 0.826 bits per heavy atom. The third-order valence-electron chi connectivity index (χ3n) is 7.78. The fourth-order valence-electron chi connectivity index (χ4n) is 5.19. The smallest absolute Gasteiger partial charge is 0.264 e. The fraction of sp³-hybridized carbons (Fsp3) is 0.297. The van der Waals surface area contributed by atoms with E-state index < -0.39 is 28.5 Å². The van der Waals surface area contributed by atoms with E-state index in [0.717, 1.165) is 16.7 Å². The van der Waals surface area contributed by atoms with Gasteiger partial charge in [0.1, 0.15) is 12.6 Å². The van der Waals surface area contributed by atoms with Crippen molar-refractivity contribution >= 4 is 39.1 Å². The summed E-state index contributed by atoms with van der Waals surface area (Å²) in [6.07, 6.45) is 0.791. The van der Waals surface area contributed by atoms with Crippen LogP contribution in [-0.2, 0) is 39.0 Å². The van der Waals surface area contributed by atoms with E-state index in [1.165, 1.54) is 9.21 Å². The number of nitrogens with one attached hydrogen (secondary N) is 1. The average molecular weight is 660 g/mol. The summed E-state index contributed by atoms with van der Waals surface area (Å²) in [6.45, 7) is 7.75. The van der Waals surface area contributed by atoms with Gasteiger partial charge in [0.15, 0.2) is 0 Å². The molecule has 0 saturated heterocycles. The highest BCUT2D eigenvalue weighted by Gasteiger charge is 2.35. The molecule has 1 unspecified atom stereocenters. The number of rotatable bonds is 14. The van der Waals surface area contributed by atoms with Gasteiger partial charge in [-0.25, -0.2) is 8.42 Å². The quantitative estimate of drug-likeness (QED) is 0.161. The van der Waals surface area contributed by atoms with Crippen LogP contribution in [0.4, 0.5) is 5.69 Å². The van der Waals surface area contributed by atoms with Crippen molar-refractivity contribution in [2.24, 2.45) is 5.92 Å². The number of sulfonamides is 1. The van der Waals surface area contributed by atoms with Gasteiger partial charge in [-0.2, -0.15) is 0 Å². The van der Waals surface area contributed by atoms with Crippen molar-refractivity contribution in [3.63, 3.8) is 0 Å². The third kappa shape index (κ3) is 8.77. The van der Waals surface area contributed by atoms with Crippen LogP contribution >= 0.6 is 11.6 Å². The molecule has 1 N–H and O–H groups in total. The van der Waals surface area contributed by atoms with Gasteiger partial charge in [-0.15, -0.1) is 0 Å². The van der Waals surface area contributed by atoms with Crippen LogP contribution in [0, 0.1) is 12.8 Å². The van der Waals surface area contributed by atoms with Gasteiger partial charge in [-0.1, -0.05) is 117 Å². The molecule has 0 fully saturated rings. The maximum atomic E-state index is 14.6. The van der Waals surface area contributed by atoms with E-state index in [9.17, 15) is 18.0 Å². The van der Waals surface area contributed by atoms with Crippen molar-refractivity contribution in [3.8, 4) is 0 Å². The van der Waals surface area contributed by atoms with E-state index in [1.54, 1.807) is 54.6 Å². The molecule has 2 amide bonds. The Balaban J connectivity index is 1.83. The summed E-state index contributed by atoms with van der Waals surface area (Å²) in [5.41, 5.74) is 3.62. The fourth-order valence-corrected chi connectivity index (χ4v) is 6.84. The molecule has 4 aromatic rings. The van der Waals surface area contributed by atoms with Gasteiger partial charge >= 0.3 is 0 Å². The lowest BCUT2D eigenvalue weighted by Gasteiger charge is -2.34. The Morgan fingerprint density at radius 3 is 2.07 bits per heavy atom. The van der Waals surface area contributed by atoms with Crippen LogP contribution in [-0.4, -0.2) is 44.3 Å². The number of para-hydroxylation sites is 1. The number of nitrogens with zero attached hydrogens (tertiary/aromatic N) is 2. The summed E-state index contributed by atoms with van der Waals surface area (Å²) in [6, 6.07) is 29.5. The lowest BCUT2D eigenvalue weighted by atomic mass is 10.0. The van der Waals surface area contributed by atoms with Crippen molar-refractivity contribution in [1.82, 2.24) is 10.2 Å². The topological polar surface area (TPSA) is 86.8 Å². The molecule has 46 heavy (non-hydrogen) atoms. The molecule has 1 atom stereocenters. The predicted molar refractivity (Wildman–Crippen MR) is 185 cm³/mol. The molecular weight excluding hydrogens is 618 g/mol. The van der Waals surface area contributed by atoms with E-state index in [1.807, 2.05) is 76.2 Å². The molecule has 4 rings (SSSR count). The minimum absolute atomic E-state index is 0.0128. The van der Waals surface area contributed by atoms with E-state index in [2.05, 4.69) is 5.32 Å².